The number of ether oxygens (including phenoxy) is 3. The zero-order valence-electron chi connectivity index (χ0n) is 17.6. The molecule has 0 unspecified atom stereocenters. The average molecular weight is 445 g/mol. The summed E-state index contributed by atoms with van der Waals surface area (Å²) in [7, 11) is 1.65. The van der Waals surface area contributed by atoms with Crippen molar-refractivity contribution in [3.63, 3.8) is 0 Å². The molecule has 2 aliphatic rings. The van der Waals surface area contributed by atoms with E-state index in [4.69, 9.17) is 14.2 Å². The van der Waals surface area contributed by atoms with Crippen molar-refractivity contribution in [2.75, 3.05) is 38.3 Å². The first-order valence-electron chi connectivity index (χ1n) is 10.4. The summed E-state index contributed by atoms with van der Waals surface area (Å²) in [6.45, 7) is 4.65. The molecule has 4 heterocycles. The van der Waals surface area contributed by atoms with E-state index in [-0.39, 0.29) is 5.82 Å². The van der Waals surface area contributed by atoms with Crippen LogP contribution in [0.1, 0.15) is 24.1 Å². The topological polar surface area (TPSA) is 72.5 Å². The number of aromatic amines is 1. The number of benzene rings is 1. The maximum atomic E-state index is 14.9. The molecule has 0 saturated carbocycles. The maximum Gasteiger partial charge on any atom is 0.171 e. The SMILES string of the molecule is COc1ccnc(CSc2nc3cc(N4CCC5(CC4)OCCO5)c(F)cc3[nH]2)c1C. The van der Waals surface area contributed by atoms with E-state index in [9.17, 15) is 4.39 Å². The van der Waals surface area contributed by atoms with Crippen molar-refractivity contribution in [1.29, 1.82) is 0 Å². The summed E-state index contributed by atoms with van der Waals surface area (Å²) in [6.07, 6.45) is 3.21. The Bertz CT molecular complexity index is 1090. The Morgan fingerprint density at radius 2 is 2.03 bits per heavy atom. The van der Waals surface area contributed by atoms with Crippen LogP contribution in [0.5, 0.6) is 5.75 Å². The minimum absolute atomic E-state index is 0.248. The number of thioether (sulfide) groups is 1. The van der Waals surface area contributed by atoms with Crippen LogP contribution in [-0.2, 0) is 15.2 Å². The lowest BCUT2D eigenvalue weighted by molar-refractivity contribution is -0.169. The fraction of sp³-hybridized carbons (Fsp3) is 0.455. The van der Waals surface area contributed by atoms with Gasteiger partial charge in [-0.15, -0.1) is 0 Å². The van der Waals surface area contributed by atoms with Crippen molar-refractivity contribution in [3.8, 4) is 5.75 Å². The van der Waals surface area contributed by atoms with Crippen molar-refractivity contribution in [3.05, 3.63) is 41.5 Å². The lowest BCUT2D eigenvalue weighted by Crippen LogP contribution is -2.45. The molecule has 0 amide bonds. The number of aromatic nitrogens is 3. The number of halogens is 1. The van der Waals surface area contributed by atoms with Gasteiger partial charge in [-0.1, -0.05) is 11.8 Å². The highest BCUT2D eigenvalue weighted by molar-refractivity contribution is 7.98. The highest BCUT2D eigenvalue weighted by Gasteiger charge is 2.40. The Labute approximate surface area is 184 Å². The number of nitrogens with one attached hydrogen (secondary N) is 1. The number of piperidine rings is 1. The molecule has 164 valence electrons. The normalized spacial score (nSPS) is 18.2. The van der Waals surface area contributed by atoms with Crippen LogP contribution in [0.4, 0.5) is 10.1 Å². The van der Waals surface area contributed by atoms with E-state index in [1.165, 1.54) is 17.8 Å². The summed E-state index contributed by atoms with van der Waals surface area (Å²) in [5.41, 5.74) is 3.97. The molecule has 2 fully saturated rings. The molecule has 0 bridgehead atoms. The molecule has 0 radical (unpaired) electrons. The van der Waals surface area contributed by atoms with E-state index in [1.54, 1.807) is 13.3 Å². The van der Waals surface area contributed by atoms with Crippen molar-refractivity contribution in [1.82, 2.24) is 15.0 Å². The van der Waals surface area contributed by atoms with Gasteiger partial charge in [0.05, 0.1) is 42.7 Å². The first-order chi connectivity index (χ1) is 15.1. The van der Waals surface area contributed by atoms with E-state index < -0.39 is 5.79 Å². The summed E-state index contributed by atoms with van der Waals surface area (Å²) in [5.74, 6) is 0.743. The Morgan fingerprint density at radius 3 is 2.77 bits per heavy atom. The average Bonchev–Trinajstić information content (AvgIpc) is 3.39. The molecule has 2 saturated heterocycles. The first-order valence-corrected chi connectivity index (χ1v) is 11.4. The number of fused-ring (bicyclic) bond motifs is 1. The third-order valence-corrected chi connectivity index (χ3v) is 6.92. The number of anilines is 1. The third kappa shape index (κ3) is 3.97. The Hall–Kier alpha value is -2.36. The molecule has 3 aromatic rings. The van der Waals surface area contributed by atoms with Crippen LogP contribution < -0.4 is 9.64 Å². The van der Waals surface area contributed by atoms with E-state index in [0.717, 1.165) is 40.5 Å². The maximum absolute atomic E-state index is 14.9. The molecule has 2 aliphatic heterocycles. The number of rotatable bonds is 5. The largest absolute Gasteiger partial charge is 0.496 e. The summed E-state index contributed by atoms with van der Waals surface area (Å²) in [5, 5.41) is 0.737. The van der Waals surface area contributed by atoms with Gasteiger partial charge in [0, 0.05) is 49.5 Å². The molecule has 1 N–H and O–H groups in total. The van der Waals surface area contributed by atoms with Gasteiger partial charge in [-0.25, -0.2) is 9.37 Å². The van der Waals surface area contributed by atoms with Crippen LogP contribution >= 0.6 is 11.8 Å². The molecular formula is C22H25FN4O3S. The van der Waals surface area contributed by atoms with Crippen molar-refractivity contribution >= 4 is 28.5 Å². The van der Waals surface area contributed by atoms with Crippen molar-refractivity contribution in [2.24, 2.45) is 0 Å². The van der Waals surface area contributed by atoms with Gasteiger partial charge in [0.15, 0.2) is 10.9 Å². The van der Waals surface area contributed by atoms with Crippen LogP contribution in [-0.4, -0.2) is 54.2 Å². The van der Waals surface area contributed by atoms with Gasteiger partial charge < -0.3 is 24.1 Å². The lowest BCUT2D eigenvalue weighted by Gasteiger charge is -2.38. The van der Waals surface area contributed by atoms with E-state index in [0.29, 0.717) is 43.3 Å². The monoisotopic (exact) mass is 444 g/mol. The van der Waals surface area contributed by atoms with Gasteiger partial charge in [-0.3, -0.25) is 4.98 Å². The van der Waals surface area contributed by atoms with Gasteiger partial charge in [0.2, 0.25) is 0 Å². The van der Waals surface area contributed by atoms with E-state index in [2.05, 4.69) is 19.9 Å². The smallest absolute Gasteiger partial charge is 0.171 e. The zero-order chi connectivity index (χ0) is 21.4. The minimum Gasteiger partial charge on any atom is -0.496 e. The number of H-pyrrole nitrogens is 1. The molecule has 0 atom stereocenters. The highest BCUT2D eigenvalue weighted by Crippen LogP contribution is 2.35. The number of methoxy groups -OCH3 is 1. The molecule has 31 heavy (non-hydrogen) atoms. The number of hydrogen-bond acceptors (Lipinski definition) is 7. The molecule has 0 aliphatic carbocycles. The Kier molecular flexibility index (Phi) is 5.49. The van der Waals surface area contributed by atoms with Crippen LogP contribution in [0.25, 0.3) is 11.0 Å². The minimum atomic E-state index is -0.473. The number of nitrogens with zero attached hydrogens (tertiary/aromatic N) is 3. The fourth-order valence-corrected chi connectivity index (χ4v) is 5.15. The predicted molar refractivity (Wildman–Crippen MR) is 117 cm³/mol. The van der Waals surface area contributed by atoms with Crippen LogP contribution in [0.2, 0.25) is 0 Å². The predicted octanol–water partition coefficient (Wildman–Crippen LogP) is 4.05. The van der Waals surface area contributed by atoms with Gasteiger partial charge in [-0.2, -0.15) is 0 Å². The fourth-order valence-electron chi connectivity index (χ4n) is 4.24. The zero-order valence-corrected chi connectivity index (χ0v) is 18.4. The van der Waals surface area contributed by atoms with Gasteiger partial charge in [-0.05, 0) is 19.1 Å². The van der Waals surface area contributed by atoms with Crippen LogP contribution in [0.15, 0.2) is 29.6 Å². The third-order valence-electron chi connectivity index (χ3n) is 6.03. The number of hydrogen-bond donors (Lipinski definition) is 1. The highest BCUT2D eigenvalue weighted by atomic mass is 32.2. The Morgan fingerprint density at radius 1 is 1.26 bits per heavy atom. The summed E-state index contributed by atoms with van der Waals surface area (Å²) in [6, 6.07) is 5.21. The molecule has 5 rings (SSSR count). The first kappa shape index (κ1) is 20.5. The van der Waals surface area contributed by atoms with Crippen molar-refractivity contribution < 1.29 is 18.6 Å². The number of imidazole rings is 1. The Balaban J connectivity index is 1.32. The van der Waals surface area contributed by atoms with Gasteiger partial charge >= 0.3 is 0 Å². The second kappa shape index (κ2) is 8.29. The van der Waals surface area contributed by atoms with Crippen LogP contribution in [0, 0.1) is 12.7 Å². The molecule has 7 nitrogen and oxygen atoms in total. The molecule has 2 aromatic heterocycles. The van der Waals surface area contributed by atoms with Crippen molar-refractivity contribution in [2.45, 2.75) is 36.5 Å². The number of pyridine rings is 1. The second-order valence-corrected chi connectivity index (χ2v) is 8.80. The van der Waals surface area contributed by atoms with Gasteiger partial charge in [0.25, 0.3) is 0 Å². The summed E-state index contributed by atoms with van der Waals surface area (Å²) >= 11 is 1.54. The van der Waals surface area contributed by atoms with E-state index >= 15 is 0 Å². The summed E-state index contributed by atoms with van der Waals surface area (Å²) < 4.78 is 31.8. The molecule has 1 spiro atoms. The van der Waals surface area contributed by atoms with Gasteiger partial charge in [0.1, 0.15) is 11.6 Å². The quantitative estimate of drug-likeness (QED) is 0.595. The molecule has 1 aromatic carbocycles. The van der Waals surface area contributed by atoms with E-state index in [1.807, 2.05) is 19.1 Å². The molecule has 9 heteroatoms. The van der Waals surface area contributed by atoms with Crippen LogP contribution in [0.3, 0.4) is 0 Å². The molecular weight excluding hydrogens is 419 g/mol. The summed E-state index contributed by atoms with van der Waals surface area (Å²) in [4.78, 5) is 14.4. The lowest BCUT2D eigenvalue weighted by atomic mass is 10.0. The second-order valence-electron chi connectivity index (χ2n) is 7.83. The standard InChI is InChI=1S/C22H25FN4O3S/c1-14-18(24-6-3-20(14)28-2)13-31-21-25-16-11-15(23)19(12-17(16)26-21)27-7-4-22(5-8-27)29-9-10-30-22/h3,6,11-12H,4-5,7-10,13H2,1-2H3,(H,25,26).